The summed E-state index contributed by atoms with van der Waals surface area (Å²) in [6.45, 7) is 6.93. The molecular formula is C14H29NO7S. The van der Waals surface area contributed by atoms with E-state index in [1.165, 1.54) is 51.6 Å². The Hall–Kier alpha value is -1.19. The molecule has 0 aromatic carbocycles. The fourth-order valence-electron chi connectivity index (χ4n) is 1.60. The summed E-state index contributed by atoms with van der Waals surface area (Å²) in [5.41, 5.74) is 0. The first-order chi connectivity index (χ1) is 10.7. The highest BCUT2D eigenvalue weighted by Crippen LogP contribution is 2.04. The lowest BCUT2D eigenvalue weighted by Crippen LogP contribution is -2.31. The molecule has 0 aromatic heterocycles. The van der Waals surface area contributed by atoms with Gasteiger partial charge in [0.1, 0.15) is 0 Å². The first kappa shape index (κ1) is 24.1. The van der Waals surface area contributed by atoms with E-state index in [4.69, 9.17) is 14.8 Å². The lowest BCUT2D eigenvalue weighted by Gasteiger charge is -2.04. The SMILES string of the molecule is CCCCCNCCCCC.O=C(O)CC(C(=O)O)S(=O)(=O)O. The Bertz CT molecular complexity index is 415. The van der Waals surface area contributed by atoms with Crippen molar-refractivity contribution < 1.29 is 32.8 Å². The third-order valence-corrected chi connectivity index (χ3v) is 4.00. The van der Waals surface area contributed by atoms with Crippen molar-refractivity contribution in [1.82, 2.24) is 5.32 Å². The Morgan fingerprint density at radius 2 is 1.39 bits per heavy atom. The second-order valence-corrected chi connectivity index (χ2v) is 6.70. The molecule has 0 aromatic rings. The van der Waals surface area contributed by atoms with E-state index in [-0.39, 0.29) is 0 Å². The van der Waals surface area contributed by atoms with Crippen LogP contribution in [0.1, 0.15) is 58.8 Å². The smallest absolute Gasteiger partial charge is 0.325 e. The van der Waals surface area contributed by atoms with Gasteiger partial charge in [0, 0.05) is 0 Å². The van der Waals surface area contributed by atoms with Crippen LogP contribution in [0.5, 0.6) is 0 Å². The van der Waals surface area contributed by atoms with E-state index in [0.29, 0.717) is 0 Å². The predicted molar refractivity (Wildman–Crippen MR) is 87.1 cm³/mol. The molecule has 0 aliphatic heterocycles. The van der Waals surface area contributed by atoms with Crippen LogP contribution in [0.15, 0.2) is 0 Å². The van der Waals surface area contributed by atoms with Crippen LogP contribution in [0.4, 0.5) is 0 Å². The molecule has 8 nitrogen and oxygen atoms in total. The minimum absolute atomic E-state index is 1.16. The van der Waals surface area contributed by atoms with Gasteiger partial charge in [-0.15, -0.1) is 0 Å². The van der Waals surface area contributed by atoms with Gasteiger partial charge in [-0.3, -0.25) is 14.1 Å². The average molecular weight is 355 g/mol. The number of carbonyl (C=O) groups is 2. The second kappa shape index (κ2) is 14.4. The molecule has 0 bridgehead atoms. The lowest BCUT2D eigenvalue weighted by molar-refractivity contribution is -0.143. The number of carboxylic acid groups (broad SMARTS) is 2. The normalized spacial score (nSPS) is 12.1. The molecule has 0 aliphatic rings. The number of aliphatic carboxylic acids is 2. The molecule has 0 rings (SSSR count). The molecule has 0 aliphatic carbocycles. The van der Waals surface area contributed by atoms with Crippen molar-refractivity contribution in [3.05, 3.63) is 0 Å². The molecule has 138 valence electrons. The molecule has 0 heterocycles. The van der Waals surface area contributed by atoms with Gasteiger partial charge < -0.3 is 15.5 Å². The van der Waals surface area contributed by atoms with Crippen molar-refractivity contribution in [3.63, 3.8) is 0 Å². The molecule has 0 radical (unpaired) electrons. The molecule has 0 saturated carbocycles. The maximum atomic E-state index is 10.2. The summed E-state index contributed by atoms with van der Waals surface area (Å²) in [6, 6.07) is 0. The number of rotatable bonds is 12. The fourth-order valence-corrected chi connectivity index (χ4v) is 2.21. The monoisotopic (exact) mass is 355 g/mol. The van der Waals surface area contributed by atoms with Gasteiger partial charge in [-0.25, -0.2) is 0 Å². The summed E-state index contributed by atoms with van der Waals surface area (Å²) < 4.78 is 28.7. The Labute approximate surface area is 138 Å². The largest absolute Gasteiger partial charge is 0.481 e. The van der Waals surface area contributed by atoms with Crippen LogP contribution >= 0.6 is 0 Å². The third kappa shape index (κ3) is 17.0. The zero-order valence-electron chi connectivity index (χ0n) is 13.8. The summed E-state index contributed by atoms with van der Waals surface area (Å²) in [7, 11) is -4.84. The second-order valence-electron chi connectivity index (χ2n) is 5.10. The maximum Gasteiger partial charge on any atom is 0.325 e. The van der Waals surface area contributed by atoms with E-state index in [0.717, 1.165) is 0 Å². The third-order valence-electron chi connectivity index (χ3n) is 2.91. The van der Waals surface area contributed by atoms with Crippen LogP contribution < -0.4 is 5.32 Å². The van der Waals surface area contributed by atoms with Gasteiger partial charge in [-0.2, -0.15) is 8.42 Å². The summed E-state index contributed by atoms with van der Waals surface area (Å²) >= 11 is 0. The van der Waals surface area contributed by atoms with Crippen molar-refractivity contribution in [3.8, 4) is 0 Å². The molecule has 23 heavy (non-hydrogen) atoms. The van der Waals surface area contributed by atoms with E-state index >= 15 is 0 Å². The van der Waals surface area contributed by atoms with Gasteiger partial charge in [0.25, 0.3) is 10.1 Å². The Morgan fingerprint density at radius 3 is 1.61 bits per heavy atom. The Balaban J connectivity index is 0. The van der Waals surface area contributed by atoms with E-state index in [1.54, 1.807) is 0 Å². The summed E-state index contributed by atoms with van der Waals surface area (Å²) in [5.74, 6) is -3.50. The summed E-state index contributed by atoms with van der Waals surface area (Å²) in [5, 5.41) is 17.4. The topological polar surface area (TPSA) is 141 Å². The highest BCUT2D eigenvalue weighted by Gasteiger charge is 2.33. The standard InChI is InChI=1S/C10H23N.C4H6O7S/c1-3-5-7-9-11-10-8-6-4-2;5-3(6)1-2(4(7)8)12(9,10)11/h11H,3-10H2,1-2H3;2H,1H2,(H,5,6)(H,7,8)(H,9,10,11). The quantitative estimate of drug-likeness (QED) is 0.306. The number of nitrogens with one attached hydrogen (secondary N) is 1. The molecule has 0 spiro atoms. The van der Waals surface area contributed by atoms with E-state index in [9.17, 15) is 18.0 Å². The highest BCUT2D eigenvalue weighted by molar-refractivity contribution is 7.87. The van der Waals surface area contributed by atoms with Gasteiger partial charge in [0.2, 0.25) is 0 Å². The Kier molecular flexibility index (Phi) is 15.1. The van der Waals surface area contributed by atoms with Crippen molar-refractivity contribution in [1.29, 1.82) is 0 Å². The van der Waals surface area contributed by atoms with Gasteiger partial charge in [-0.1, -0.05) is 39.5 Å². The predicted octanol–water partition coefficient (Wildman–Crippen LogP) is 1.76. The number of unbranched alkanes of at least 4 members (excludes halogenated alkanes) is 4. The minimum atomic E-state index is -4.84. The van der Waals surface area contributed by atoms with Crippen LogP contribution in [0, 0.1) is 0 Å². The van der Waals surface area contributed by atoms with Crippen molar-refractivity contribution in [2.45, 2.75) is 64.0 Å². The fraction of sp³-hybridized carbons (Fsp3) is 0.857. The zero-order chi connectivity index (χ0) is 18.3. The van der Waals surface area contributed by atoms with E-state index in [2.05, 4.69) is 19.2 Å². The molecule has 1 atom stereocenters. The lowest BCUT2D eigenvalue weighted by atomic mass is 10.2. The van der Waals surface area contributed by atoms with E-state index in [1.807, 2.05) is 0 Å². The van der Waals surface area contributed by atoms with Crippen molar-refractivity contribution >= 4 is 22.1 Å². The summed E-state index contributed by atoms with van der Waals surface area (Å²) in [4.78, 5) is 20.0. The van der Waals surface area contributed by atoms with E-state index < -0.39 is 33.7 Å². The maximum absolute atomic E-state index is 10.2. The van der Waals surface area contributed by atoms with Crippen LogP contribution in [0.3, 0.4) is 0 Å². The average Bonchev–Trinajstić information content (AvgIpc) is 2.43. The van der Waals surface area contributed by atoms with Crippen molar-refractivity contribution in [2.75, 3.05) is 13.1 Å². The van der Waals surface area contributed by atoms with Gasteiger partial charge in [0.15, 0.2) is 5.25 Å². The Morgan fingerprint density at radius 1 is 0.957 bits per heavy atom. The molecule has 1 unspecified atom stereocenters. The zero-order valence-corrected chi connectivity index (χ0v) is 14.6. The van der Waals surface area contributed by atoms with Gasteiger partial charge in [-0.05, 0) is 25.9 Å². The highest BCUT2D eigenvalue weighted by atomic mass is 32.2. The molecule has 0 fully saturated rings. The van der Waals surface area contributed by atoms with Crippen molar-refractivity contribution in [2.24, 2.45) is 0 Å². The number of hydrogen-bond acceptors (Lipinski definition) is 5. The number of carboxylic acids is 2. The molecule has 9 heteroatoms. The van der Waals surface area contributed by atoms with Gasteiger partial charge >= 0.3 is 11.9 Å². The van der Waals surface area contributed by atoms with Gasteiger partial charge in [0.05, 0.1) is 6.42 Å². The molecule has 0 amide bonds. The van der Waals surface area contributed by atoms with Crippen LogP contribution in [0.25, 0.3) is 0 Å². The summed E-state index contributed by atoms with van der Waals surface area (Å²) in [6.07, 6.45) is 6.95. The number of hydrogen-bond donors (Lipinski definition) is 4. The minimum Gasteiger partial charge on any atom is -0.481 e. The molecule has 4 N–H and O–H groups in total. The van der Waals surface area contributed by atoms with Crippen LogP contribution in [-0.2, 0) is 19.7 Å². The van der Waals surface area contributed by atoms with Crippen LogP contribution in [-0.4, -0.2) is 53.5 Å². The first-order valence-corrected chi connectivity index (χ1v) is 9.28. The molecule has 0 saturated heterocycles. The first-order valence-electron chi connectivity index (χ1n) is 7.78. The van der Waals surface area contributed by atoms with Crippen LogP contribution in [0.2, 0.25) is 0 Å². The molecular weight excluding hydrogens is 326 g/mol.